The number of Topliss-reactive ketones (excluding diaryl/α,β-unsaturated/α-hetero) is 1. The van der Waals surface area contributed by atoms with Crippen molar-refractivity contribution in [3.8, 4) is 0 Å². The van der Waals surface area contributed by atoms with Crippen molar-refractivity contribution in [2.45, 2.75) is 39.7 Å². The molecule has 2 aliphatic rings. The van der Waals surface area contributed by atoms with Crippen LogP contribution in [0.4, 0.5) is 0 Å². The van der Waals surface area contributed by atoms with Crippen LogP contribution in [0.25, 0.3) is 0 Å². The van der Waals surface area contributed by atoms with Crippen LogP contribution in [-0.4, -0.2) is 29.9 Å². The SMILES string of the molecule is CCOC(=O)[C@]12C(=O)OC(C)(C)[C@H]1[C@@]2(CC)C(=O)c1ccccc1. The number of hydrogen-bond donors (Lipinski definition) is 0. The highest BCUT2D eigenvalue weighted by Gasteiger charge is 2.95. The summed E-state index contributed by atoms with van der Waals surface area (Å²) in [5, 5.41) is 0. The third kappa shape index (κ3) is 1.73. The number of fused-ring (bicyclic) bond motifs is 1. The Morgan fingerprint density at radius 1 is 1.17 bits per heavy atom. The van der Waals surface area contributed by atoms with E-state index in [1.54, 1.807) is 45.0 Å². The van der Waals surface area contributed by atoms with Gasteiger partial charge in [0, 0.05) is 11.5 Å². The second kappa shape index (κ2) is 5.16. The molecule has 1 heterocycles. The zero-order chi connectivity index (χ0) is 17.8. The molecule has 1 aliphatic heterocycles. The molecule has 0 radical (unpaired) electrons. The summed E-state index contributed by atoms with van der Waals surface area (Å²) >= 11 is 0. The van der Waals surface area contributed by atoms with E-state index in [-0.39, 0.29) is 12.4 Å². The van der Waals surface area contributed by atoms with Crippen LogP contribution in [0, 0.1) is 16.7 Å². The van der Waals surface area contributed by atoms with Gasteiger partial charge < -0.3 is 9.47 Å². The molecule has 1 aliphatic carbocycles. The molecular weight excluding hydrogens is 308 g/mol. The fourth-order valence-electron chi connectivity index (χ4n) is 4.76. The molecule has 2 fully saturated rings. The standard InChI is InChI=1S/C19H22O5/c1-5-18(13(20)12-10-8-7-9-11-12)14-17(3,4)24-16(22)19(14,18)15(21)23-6-2/h7-11,14H,5-6H2,1-4H3/t14-,18+,19-/m0/s1. The average Bonchev–Trinajstić information content (AvgIpc) is 3.15. The van der Waals surface area contributed by atoms with Gasteiger partial charge in [-0.1, -0.05) is 37.3 Å². The van der Waals surface area contributed by atoms with Crippen LogP contribution in [0.3, 0.4) is 0 Å². The maximum atomic E-state index is 13.3. The molecule has 5 heteroatoms. The van der Waals surface area contributed by atoms with Crippen LogP contribution in [-0.2, 0) is 19.1 Å². The number of esters is 2. The first-order valence-electron chi connectivity index (χ1n) is 8.31. The molecule has 3 rings (SSSR count). The van der Waals surface area contributed by atoms with Crippen LogP contribution in [0.2, 0.25) is 0 Å². The summed E-state index contributed by atoms with van der Waals surface area (Å²) in [5.74, 6) is -1.98. The van der Waals surface area contributed by atoms with Crippen molar-refractivity contribution in [2.24, 2.45) is 16.7 Å². The lowest BCUT2D eigenvalue weighted by molar-refractivity contribution is -0.166. The summed E-state index contributed by atoms with van der Waals surface area (Å²) < 4.78 is 10.6. The van der Waals surface area contributed by atoms with Gasteiger partial charge in [-0.05, 0) is 27.2 Å². The van der Waals surface area contributed by atoms with E-state index in [0.29, 0.717) is 12.0 Å². The monoisotopic (exact) mass is 330 g/mol. The van der Waals surface area contributed by atoms with Gasteiger partial charge in [0.2, 0.25) is 0 Å². The minimum atomic E-state index is -1.52. The van der Waals surface area contributed by atoms with Crippen LogP contribution in [0.15, 0.2) is 30.3 Å². The van der Waals surface area contributed by atoms with Gasteiger partial charge in [-0.2, -0.15) is 0 Å². The lowest BCUT2D eigenvalue weighted by Gasteiger charge is -2.28. The molecule has 0 spiro atoms. The molecule has 1 saturated carbocycles. The van der Waals surface area contributed by atoms with E-state index in [1.807, 2.05) is 13.0 Å². The maximum absolute atomic E-state index is 13.3. The highest BCUT2D eigenvalue weighted by atomic mass is 16.6. The minimum Gasteiger partial charge on any atom is -0.465 e. The van der Waals surface area contributed by atoms with Gasteiger partial charge in [0.15, 0.2) is 11.2 Å². The topological polar surface area (TPSA) is 69.7 Å². The molecule has 0 unspecified atom stereocenters. The number of ketones is 1. The largest absolute Gasteiger partial charge is 0.465 e. The van der Waals surface area contributed by atoms with Crippen molar-refractivity contribution in [1.29, 1.82) is 0 Å². The highest BCUT2D eigenvalue weighted by molar-refractivity contribution is 6.19. The predicted molar refractivity (Wildman–Crippen MR) is 86.2 cm³/mol. The van der Waals surface area contributed by atoms with Gasteiger partial charge in [0.05, 0.1) is 12.0 Å². The quantitative estimate of drug-likeness (QED) is 0.472. The van der Waals surface area contributed by atoms with Crippen molar-refractivity contribution in [3.63, 3.8) is 0 Å². The number of carbonyl (C=O) groups excluding carboxylic acids is 3. The minimum absolute atomic E-state index is 0.153. The third-order valence-corrected chi connectivity index (χ3v) is 5.52. The Kier molecular flexibility index (Phi) is 3.59. The second-order valence-corrected chi connectivity index (χ2v) is 6.97. The molecule has 1 aromatic rings. The number of ether oxygens (including phenoxy) is 2. The average molecular weight is 330 g/mol. The van der Waals surface area contributed by atoms with E-state index >= 15 is 0 Å². The summed E-state index contributed by atoms with van der Waals surface area (Å²) in [6.45, 7) is 7.19. The van der Waals surface area contributed by atoms with E-state index in [1.165, 1.54) is 0 Å². The molecule has 0 aromatic heterocycles. The molecule has 5 nitrogen and oxygen atoms in total. The number of carbonyl (C=O) groups is 3. The summed E-state index contributed by atoms with van der Waals surface area (Å²) in [6.07, 6.45) is 0.378. The zero-order valence-electron chi connectivity index (χ0n) is 14.4. The first-order valence-corrected chi connectivity index (χ1v) is 8.31. The van der Waals surface area contributed by atoms with Crippen molar-refractivity contribution in [3.05, 3.63) is 35.9 Å². The van der Waals surface area contributed by atoms with Gasteiger partial charge in [-0.25, -0.2) is 0 Å². The Hall–Kier alpha value is -2.17. The Bertz CT molecular complexity index is 708. The van der Waals surface area contributed by atoms with Crippen molar-refractivity contribution >= 4 is 17.7 Å². The van der Waals surface area contributed by atoms with Crippen molar-refractivity contribution in [1.82, 2.24) is 0 Å². The molecule has 0 N–H and O–H groups in total. The van der Waals surface area contributed by atoms with Gasteiger partial charge in [0.25, 0.3) is 0 Å². The Morgan fingerprint density at radius 2 is 1.79 bits per heavy atom. The molecule has 1 saturated heterocycles. The number of cyclic esters (lactones) is 1. The first-order chi connectivity index (χ1) is 11.3. The zero-order valence-corrected chi connectivity index (χ0v) is 14.4. The van der Waals surface area contributed by atoms with E-state index in [9.17, 15) is 14.4 Å². The van der Waals surface area contributed by atoms with Crippen LogP contribution >= 0.6 is 0 Å². The normalized spacial score (nSPS) is 32.7. The smallest absolute Gasteiger partial charge is 0.325 e. The summed E-state index contributed by atoms with van der Waals surface area (Å²) in [4.78, 5) is 38.8. The number of hydrogen-bond acceptors (Lipinski definition) is 5. The number of rotatable bonds is 5. The van der Waals surface area contributed by atoms with E-state index in [2.05, 4.69) is 0 Å². The second-order valence-electron chi connectivity index (χ2n) is 6.97. The lowest BCUT2D eigenvalue weighted by atomic mass is 9.81. The van der Waals surface area contributed by atoms with Gasteiger partial charge in [0.1, 0.15) is 5.60 Å². The molecule has 0 bridgehead atoms. The summed E-state index contributed by atoms with van der Waals surface area (Å²) in [7, 11) is 0. The maximum Gasteiger partial charge on any atom is 0.325 e. The van der Waals surface area contributed by atoms with Gasteiger partial charge >= 0.3 is 11.9 Å². The fraction of sp³-hybridized carbons (Fsp3) is 0.526. The lowest BCUT2D eigenvalue weighted by Crippen LogP contribution is -2.40. The first kappa shape index (κ1) is 16.7. The predicted octanol–water partition coefficient (Wildman–Crippen LogP) is 2.78. The van der Waals surface area contributed by atoms with E-state index in [0.717, 1.165) is 0 Å². The molecule has 0 amide bonds. The third-order valence-electron chi connectivity index (χ3n) is 5.52. The fourth-order valence-corrected chi connectivity index (χ4v) is 4.76. The molecule has 1 aromatic carbocycles. The molecule has 24 heavy (non-hydrogen) atoms. The van der Waals surface area contributed by atoms with E-state index in [4.69, 9.17) is 9.47 Å². The van der Waals surface area contributed by atoms with Gasteiger partial charge in [-0.3, -0.25) is 14.4 Å². The van der Waals surface area contributed by atoms with Gasteiger partial charge in [-0.15, -0.1) is 0 Å². The highest BCUT2D eigenvalue weighted by Crippen LogP contribution is 2.80. The van der Waals surface area contributed by atoms with Crippen molar-refractivity contribution < 1.29 is 23.9 Å². The van der Waals surface area contributed by atoms with Crippen LogP contribution in [0.5, 0.6) is 0 Å². The Morgan fingerprint density at radius 3 is 2.33 bits per heavy atom. The van der Waals surface area contributed by atoms with Crippen LogP contribution < -0.4 is 0 Å². The molecule has 128 valence electrons. The van der Waals surface area contributed by atoms with E-state index < -0.39 is 34.3 Å². The molecule has 3 atom stereocenters. The molecular formula is C19H22O5. The van der Waals surface area contributed by atoms with Crippen LogP contribution in [0.1, 0.15) is 44.5 Å². The summed E-state index contributed by atoms with van der Waals surface area (Å²) in [6, 6.07) is 8.79. The number of benzene rings is 1. The Balaban J connectivity index is 2.15. The Labute approximate surface area is 141 Å². The summed E-state index contributed by atoms with van der Waals surface area (Å²) in [5.41, 5.74) is -3.00. The van der Waals surface area contributed by atoms with Crippen molar-refractivity contribution in [2.75, 3.05) is 6.61 Å².